The topological polar surface area (TPSA) is 71.3 Å². The Hall–Kier alpha value is -1.95. The molecule has 0 amide bonds. The van der Waals surface area contributed by atoms with Crippen LogP contribution >= 0.6 is 0 Å². The average Bonchev–Trinajstić information content (AvgIpc) is 2.91. The molecule has 1 heterocycles. The van der Waals surface area contributed by atoms with E-state index in [1.165, 1.54) is 0 Å². The van der Waals surface area contributed by atoms with Crippen molar-refractivity contribution in [2.24, 2.45) is 0 Å². The lowest BCUT2D eigenvalue weighted by atomic mass is 10.3. The summed E-state index contributed by atoms with van der Waals surface area (Å²) in [6.45, 7) is 2.19. The molecular formula is C13H16N2O3S. The predicted molar refractivity (Wildman–Crippen MR) is 75.6 cm³/mol. The number of benzene rings is 1. The molecule has 5 nitrogen and oxygen atoms in total. The van der Waals surface area contributed by atoms with Crippen molar-refractivity contribution >= 4 is 21.4 Å². The number of nitrogens with one attached hydrogen (secondary N) is 2. The van der Waals surface area contributed by atoms with Gasteiger partial charge in [0.15, 0.2) is 0 Å². The van der Waals surface area contributed by atoms with E-state index in [2.05, 4.69) is 10.0 Å². The maximum absolute atomic E-state index is 11.4. The Kier molecular flexibility index (Phi) is 4.11. The monoisotopic (exact) mass is 280 g/mol. The minimum atomic E-state index is -3.22. The van der Waals surface area contributed by atoms with Crippen molar-refractivity contribution in [1.82, 2.24) is 0 Å². The van der Waals surface area contributed by atoms with Gasteiger partial charge in [0.05, 0.1) is 18.6 Å². The second-order valence-corrected chi connectivity index (χ2v) is 6.03. The van der Waals surface area contributed by atoms with Gasteiger partial charge in [-0.3, -0.25) is 4.72 Å². The van der Waals surface area contributed by atoms with E-state index >= 15 is 0 Å². The Labute approximate surface area is 112 Å². The van der Waals surface area contributed by atoms with Crippen molar-refractivity contribution in [3.63, 3.8) is 0 Å². The summed E-state index contributed by atoms with van der Waals surface area (Å²) < 4.78 is 30.5. The molecule has 0 aliphatic rings. The van der Waals surface area contributed by atoms with Gasteiger partial charge in [0, 0.05) is 11.4 Å². The van der Waals surface area contributed by atoms with Crippen molar-refractivity contribution in [1.29, 1.82) is 0 Å². The zero-order valence-corrected chi connectivity index (χ0v) is 11.4. The Morgan fingerprint density at radius 1 is 1.11 bits per heavy atom. The first kappa shape index (κ1) is 13.5. The van der Waals surface area contributed by atoms with Crippen LogP contribution in [0.3, 0.4) is 0 Å². The van der Waals surface area contributed by atoms with Crippen LogP contribution in [0.4, 0.5) is 11.4 Å². The van der Waals surface area contributed by atoms with Crippen molar-refractivity contribution < 1.29 is 12.8 Å². The Morgan fingerprint density at radius 3 is 2.37 bits per heavy atom. The zero-order valence-electron chi connectivity index (χ0n) is 10.6. The SMILES string of the molecule is CCS(=O)(=O)Nc1ccc(NCc2ccco2)cc1. The molecule has 6 heteroatoms. The molecule has 0 aliphatic heterocycles. The van der Waals surface area contributed by atoms with Gasteiger partial charge in [0.25, 0.3) is 0 Å². The molecule has 0 saturated heterocycles. The molecule has 0 radical (unpaired) electrons. The highest BCUT2D eigenvalue weighted by Gasteiger charge is 2.06. The molecule has 2 aromatic rings. The second-order valence-electron chi connectivity index (χ2n) is 4.02. The van der Waals surface area contributed by atoms with Crippen LogP contribution in [0.1, 0.15) is 12.7 Å². The fourth-order valence-corrected chi connectivity index (χ4v) is 2.15. The first-order valence-electron chi connectivity index (χ1n) is 5.96. The lowest BCUT2D eigenvalue weighted by Crippen LogP contribution is -2.14. The maximum atomic E-state index is 11.4. The van der Waals surface area contributed by atoms with E-state index in [0.717, 1.165) is 11.4 Å². The van der Waals surface area contributed by atoms with Crippen LogP contribution in [0, 0.1) is 0 Å². The Bertz CT molecular complexity index is 604. The average molecular weight is 280 g/mol. The zero-order chi connectivity index (χ0) is 13.7. The van der Waals surface area contributed by atoms with E-state index in [1.807, 2.05) is 24.3 Å². The summed E-state index contributed by atoms with van der Waals surface area (Å²) >= 11 is 0. The fourth-order valence-electron chi connectivity index (χ4n) is 1.51. The van der Waals surface area contributed by atoms with Gasteiger partial charge in [-0.2, -0.15) is 0 Å². The van der Waals surface area contributed by atoms with Gasteiger partial charge < -0.3 is 9.73 Å². The molecule has 2 rings (SSSR count). The molecule has 1 aromatic heterocycles. The van der Waals surface area contributed by atoms with E-state index in [9.17, 15) is 8.42 Å². The Balaban J connectivity index is 1.95. The molecule has 102 valence electrons. The molecule has 0 saturated carbocycles. The van der Waals surface area contributed by atoms with Crippen LogP contribution in [-0.4, -0.2) is 14.2 Å². The van der Waals surface area contributed by atoms with Crippen LogP contribution in [0.2, 0.25) is 0 Å². The minimum Gasteiger partial charge on any atom is -0.467 e. The molecule has 0 unspecified atom stereocenters. The van der Waals surface area contributed by atoms with Gasteiger partial charge in [0.2, 0.25) is 10.0 Å². The molecule has 0 fully saturated rings. The number of furan rings is 1. The third kappa shape index (κ3) is 4.03. The van der Waals surface area contributed by atoms with E-state index in [-0.39, 0.29) is 5.75 Å². The molecule has 1 aromatic carbocycles. The third-order valence-corrected chi connectivity index (χ3v) is 3.89. The predicted octanol–water partition coefficient (Wildman–Crippen LogP) is 2.65. The summed E-state index contributed by atoms with van der Waals surface area (Å²) in [5, 5.41) is 3.18. The number of rotatable bonds is 6. The van der Waals surface area contributed by atoms with Crippen molar-refractivity contribution in [2.75, 3.05) is 15.8 Å². The summed E-state index contributed by atoms with van der Waals surface area (Å²) in [6.07, 6.45) is 1.62. The van der Waals surface area contributed by atoms with Gasteiger partial charge in [0.1, 0.15) is 5.76 Å². The molecular weight excluding hydrogens is 264 g/mol. The lowest BCUT2D eigenvalue weighted by Gasteiger charge is -2.08. The first-order valence-corrected chi connectivity index (χ1v) is 7.61. The van der Waals surface area contributed by atoms with E-state index in [0.29, 0.717) is 12.2 Å². The quantitative estimate of drug-likeness (QED) is 0.853. The van der Waals surface area contributed by atoms with E-state index in [1.54, 1.807) is 25.3 Å². The molecule has 2 N–H and O–H groups in total. The summed E-state index contributed by atoms with van der Waals surface area (Å²) in [7, 11) is -3.22. The molecule has 0 atom stereocenters. The van der Waals surface area contributed by atoms with Crippen molar-refractivity contribution in [2.45, 2.75) is 13.5 Å². The smallest absolute Gasteiger partial charge is 0.232 e. The van der Waals surface area contributed by atoms with Gasteiger partial charge in [-0.15, -0.1) is 0 Å². The molecule has 0 bridgehead atoms. The van der Waals surface area contributed by atoms with E-state index < -0.39 is 10.0 Å². The molecule has 0 aliphatic carbocycles. The van der Waals surface area contributed by atoms with Crippen molar-refractivity contribution in [3.8, 4) is 0 Å². The van der Waals surface area contributed by atoms with Gasteiger partial charge in [-0.05, 0) is 43.3 Å². The molecule has 0 spiro atoms. The largest absolute Gasteiger partial charge is 0.467 e. The summed E-state index contributed by atoms with van der Waals surface area (Å²) in [5.74, 6) is 0.904. The van der Waals surface area contributed by atoms with Gasteiger partial charge >= 0.3 is 0 Å². The second kappa shape index (κ2) is 5.79. The number of anilines is 2. The standard InChI is InChI=1S/C13H16N2O3S/c1-2-19(16,17)15-12-7-5-11(6-8-12)14-10-13-4-3-9-18-13/h3-9,14-15H,2,10H2,1H3. The van der Waals surface area contributed by atoms with Crippen LogP contribution in [-0.2, 0) is 16.6 Å². The highest BCUT2D eigenvalue weighted by molar-refractivity contribution is 7.92. The summed E-state index contributed by atoms with van der Waals surface area (Å²) in [6, 6.07) is 10.8. The number of hydrogen-bond donors (Lipinski definition) is 2. The maximum Gasteiger partial charge on any atom is 0.232 e. The summed E-state index contributed by atoms with van der Waals surface area (Å²) in [4.78, 5) is 0. The van der Waals surface area contributed by atoms with Crippen LogP contribution < -0.4 is 10.0 Å². The van der Waals surface area contributed by atoms with Gasteiger partial charge in [-0.25, -0.2) is 8.42 Å². The minimum absolute atomic E-state index is 0.0610. The third-order valence-electron chi connectivity index (χ3n) is 2.59. The lowest BCUT2D eigenvalue weighted by molar-refractivity contribution is 0.518. The first-order chi connectivity index (χ1) is 9.09. The van der Waals surface area contributed by atoms with Crippen molar-refractivity contribution in [3.05, 3.63) is 48.4 Å². The number of hydrogen-bond acceptors (Lipinski definition) is 4. The van der Waals surface area contributed by atoms with Gasteiger partial charge in [-0.1, -0.05) is 0 Å². The van der Waals surface area contributed by atoms with Crippen LogP contribution in [0.5, 0.6) is 0 Å². The highest BCUT2D eigenvalue weighted by atomic mass is 32.2. The van der Waals surface area contributed by atoms with Crippen LogP contribution in [0.15, 0.2) is 47.1 Å². The highest BCUT2D eigenvalue weighted by Crippen LogP contribution is 2.15. The molecule has 19 heavy (non-hydrogen) atoms. The fraction of sp³-hybridized carbons (Fsp3) is 0.231. The Morgan fingerprint density at radius 2 is 1.79 bits per heavy atom. The number of sulfonamides is 1. The van der Waals surface area contributed by atoms with Crippen LogP contribution in [0.25, 0.3) is 0 Å². The summed E-state index contributed by atoms with van der Waals surface area (Å²) in [5.41, 5.74) is 1.46. The normalized spacial score (nSPS) is 11.2. The van der Waals surface area contributed by atoms with E-state index in [4.69, 9.17) is 4.42 Å².